The number of aromatic nitrogens is 2. The quantitative estimate of drug-likeness (QED) is 0.504. The Balaban J connectivity index is 1.34. The Morgan fingerprint density at radius 3 is 2.66 bits per heavy atom. The van der Waals surface area contributed by atoms with Gasteiger partial charge in [0.05, 0.1) is 6.54 Å². The molecule has 146 valence electrons. The lowest BCUT2D eigenvalue weighted by Gasteiger charge is -2.14. The van der Waals surface area contributed by atoms with Gasteiger partial charge < -0.3 is 14.6 Å². The molecule has 0 saturated heterocycles. The Morgan fingerprint density at radius 2 is 1.86 bits per heavy atom. The van der Waals surface area contributed by atoms with Crippen molar-refractivity contribution in [1.29, 1.82) is 0 Å². The van der Waals surface area contributed by atoms with Crippen LogP contribution in [-0.2, 0) is 11.3 Å². The summed E-state index contributed by atoms with van der Waals surface area (Å²) in [6.07, 6.45) is -0.671. The van der Waals surface area contributed by atoms with E-state index in [2.05, 4.69) is 15.5 Å². The summed E-state index contributed by atoms with van der Waals surface area (Å²) in [6.45, 7) is 1.81. The van der Waals surface area contributed by atoms with Crippen molar-refractivity contribution in [1.82, 2.24) is 15.5 Å². The molecule has 0 bridgehead atoms. The van der Waals surface area contributed by atoms with E-state index in [-0.39, 0.29) is 12.5 Å². The third-order valence-electron chi connectivity index (χ3n) is 4.39. The van der Waals surface area contributed by atoms with E-state index in [0.717, 1.165) is 16.3 Å². The number of ether oxygens (including phenoxy) is 1. The zero-order chi connectivity index (χ0) is 20.2. The van der Waals surface area contributed by atoms with Crippen LogP contribution >= 0.6 is 11.6 Å². The van der Waals surface area contributed by atoms with Crippen molar-refractivity contribution >= 4 is 28.3 Å². The minimum atomic E-state index is -0.671. The van der Waals surface area contributed by atoms with Gasteiger partial charge in [-0.3, -0.25) is 4.79 Å². The molecule has 0 saturated carbocycles. The molecular formula is C22H18ClN3O3. The van der Waals surface area contributed by atoms with Gasteiger partial charge in [0.1, 0.15) is 5.75 Å². The second-order valence-electron chi connectivity index (χ2n) is 6.51. The average Bonchev–Trinajstić information content (AvgIpc) is 3.21. The molecule has 6 nitrogen and oxygen atoms in total. The smallest absolute Gasteiger partial charge is 0.261 e. The number of carbonyl (C=O) groups excluding carboxylic acids is 1. The first-order chi connectivity index (χ1) is 14.1. The number of fused-ring (bicyclic) bond motifs is 1. The minimum absolute atomic E-state index is 0.116. The predicted molar refractivity (Wildman–Crippen MR) is 111 cm³/mol. The Kier molecular flexibility index (Phi) is 5.44. The van der Waals surface area contributed by atoms with Gasteiger partial charge in [0, 0.05) is 10.6 Å². The maximum absolute atomic E-state index is 12.4. The van der Waals surface area contributed by atoms with E-state index in [0.29, 0.717) is 22.5 Å². The summed E-state index contributed by atoms with van der Waals surface area (Å²) in [4.78, 5) is 16.6. The zero-order valence-corrected chi connectivity index (χ0v) is 16.4. The molecule has 1 amide bonds. The van der Waals surface area contributed by atoms with Gasteiger partial charge in [-0.25, -0.2) is 0 Å². The number of benzene rings is 3. The first-order valence-electron chi connectivity index (χ1n) is 9.10. The van der Waals surface area contributed by atoms with Crippen LogP contribution in [0.3, 0.4) is 0 Å². The van der Waals surface area contributed by atoms with Gasteiger partial charge in [-0.2, -0.15) is 4.98 Å². The van der Waals surface area contributed by atoms with Gasteiger partial charge in [0.25, 0.3) is 5.91 Å². The highest BCUT2D eigenvalue weighted by atomic mass is 35.5. The normalized spacial score (nSPS) is 11.9. The summed E-state index contributed by atoms with van der Waals surface area (Å²) in [5.74, 6) is 1.10. The topological polar surface area (TPSA) is 77.2 Å². The van der Waals surface area contributed by atoms with Crippen molar-refractivity contribution in [2.24, 2.45) is 0 Å². The summed E-state index contributed by atoms with van der Waals surface area (Å²) in [5.41, 5.74) is 0.781. The number of rotatable bonds is 6. The molecule has 3 aromatic carbocycles. The first-order valence-corrected chi connectivity index (χ1v) is 9.48. The highest BCUT2D eigenvalue weighted by Gasteiger charge is 2.16. The van der Waals surface area contributed by atoms with Gasteiger partial charge in [0.15, 0.2) is 6.10 Å². The molecule has 1 heterocycles. The number of hydrogen-bond acceptors (Lipinski definition) is 5. The molecule has 1 aromatic heterocycles. The van der Waals surface area contributed by atoms with Crippen LogP contribution in [0.1, 0.15) is 12.8 Å². The lowest BCUT2D eigenvalue weighted by Crippen LogP contribution is -2.35. The summed E-state index contributed by atoms with van der Waals surface area (Å²) in [6, 6.07) is 20.8. The number of halogens is 1. The van der Waals surface area contributed by atoms with E-state index in [1.807, 2.05) is 42.5 Å². The van der Waals surface area contributed by atoms with Gasteiger partial charge in [-0.05, 0) is 54.1 Å². The van der Waals surface area contributed by atoms with Crippen molar-refractivity contribution in [3.63, 3.8) is 0 Å². The molecule has 1 N–H and O–H groups in total. The van der Waals surface area contributed by atoms with E-state index >= 15 is 0 Å². The number of carbonyl (C=O) groups is 1. The minimum Gasteiger partial charge on any atom is -0.481 e. The largest absolute Gasteiger partial charge is 0.481 e. The molecule has 0 radical (unpaired) electrons. The molecule has 0 aliphatic rings. The number of nitrogens with zero attached hydrogens (tertiary/aromatic N) is 2. The SMILES string of the molecule is C[C@H](Oc1ccc2ccccc2c1)C(=O)NCc1nc(-c2ccc(Cl)cc2)no1. The highest BCUT2D eigenvalue weighted by molar-refractivity contribution is 6.30. The van der Waals surface area contributed by atoms with E-state index < -0.39 is 6.10 Å². The first kappa shape index (κ1) is 19.0. The predicted octanol–water partition coefficient (Wildman–Crippen LogP) is 4.63. The fourth-order valence-corrected chi connectivity index (χ4v) is 2.97. The van der Waals surface area contributed by atoms with E-state index in [9.17, 15) is 4.79 Å². The molecular weight excluding hydrogens is 390 g/mol. The van der Waals surface area contributed by atoms with Crippen LogP contribution in [0.5, 0.6) is 5.75 Å². The Labute approximate surface area is 172 Å². The van der Waals surface area contributed by atoms with Gasteiger partial charge in [0.2, 0.25) is 11.7 Å². The number of hydrogen-bond donors (Lipinski definition) is 1. The van der Waals surface area contributed by atoms with Crippen LogP contribution < -0.4 is 10.1 Å². The fourth-order valence-electron chi connectivity index (χ4n) is 2.85. The second-order valence-corrected chi connectivity index (χ2v) is 6.94. The summed E-state index contributed by atoms with van der Waals surface area (Å²) in [7, 11) is 0. The third kappa shape index (κ3) is 4.55. The molecule has 0 aliphatic heterocycles. The van der Waals surface area contributed by atoms with E-state index in [4.69, 9.17) is 20.9 Å². The molecule has 7 heteroatoms. The lowest BCUT2D eigenvalue weighted by molar-refractivity contribution is -0.127. The highest BCUT2D eigenvalue weighted by Crippen LogP contribution is 2.22. The van der Waals surface area contributed by atoms with Crippen LogP contribution in [-0.4, -0.2) is 22.2 Å². The summed E-state index contributed by atoms with van der Waals surface area (Å²) >= 11 is 5.88. The molecule has 1 atom stereocenters. The van der Waals surface area contributed by atoms with Crippen LogP contribution in [0.2, 0.25) is 5.02 Å². The van der Waals surface area contributed by atoms with Crippen LogP contribution in [0, 0.1) is 0 Å². The Morgan fingerprint density at radius 1 is 1.10 bits per heavy atom. The Hall–Kier alpha value is -3.38. The standard InChI is InChI=1S/C22H18ClN3O3/c1-14(28-19-11-8-15-4-2-3-5-17(15)12-19)22(27)24-13-20-25-21(26-29-20)16-6-9-18(23)10-7-16/h2-12,14H,13H2,1H3,(H,24,27)/t14-/m0/s1. The van der Waals surface area contributed by atoms with E-state index in [1.54, 1.807) is 31.2 Å². The number of amides is 1. The van der Waals surface area contributed by atoms with Gasteiger partial charge in [-0.15, -0.1) is 0 Å². The molecule has 4 aromatic rings. The monoisotopic (exact) mass is 407 g/mol. The maximum Gasteiger partial charge on any atom is 0.261 e. The molecule has 29 heavy (non-hydrogen) atoms. The van der Waals surface area contributed by atoms with Crippen molar-refractivity contribution in [3.8, 4) is 17.1 Å². The Bertz CT molecular complexity index is 1140. The average molecular weight is 408 g/mol. The van der Waals surface area contributed by atoms with Crippen molar-refractivity contribution in [3.05, 3.63) is 77.6 Å². The summed E-state index contributed by atoms with van der Waals surface area (Å²) in [5, 5.41) is 9.47. The second kappa shape index (κ2) is 8.32. The maximum atomic E-state index is 12.4. The van der Waals surface area contributed by atoms with Crippen LogP contribution in [0.4, 0.5) is 0 Å². The van der Waals surface area contributed by atoms with E-state index in [1.165, 1.54) is 0 Å². The van der Waals surface area contributed by atoms with Crippen molar-refractivity contribution in [2.45, 2.75) is 19.6 Å². The van der Waals surface area contributed by atoms with Gasteiger partial charge >= 0.3 is 0 Å². The van der Waals surface area contributed by atoms with Crippen molar-refractivity contribution in [2.75, 3.05) is 0 Å². The molecule has 0 aliphatic carbocycles. The van der Waals surface area contributed by atoms with Crippen LogP contribution in [0.15, 0.2) is 71.3 Å². The zero-order valence-electron chi connectivity index (χ0n) is 15.6. The molecule has 4 rings (SSSR count). The summed E-state index contributed by atoms with van der Waals surface area (Å²) < 4.78 is 11.0. The van der Waals surface area contributed by atoms with Gasteiger partial charge in [-0.1, -0.05) is 47.1 Å². The molecule has 0 spiro atoms. The number of nitrogens with one attached hydrogen (secondary N) is 1. The third-order valence-corrected chi connectivity index (χ3v) is 4.64. The molecule has 0 unspecified atom stereocenters. The van der Waals surface area contributed by atoms with Crippen LogP contribution in [0.25, 0.3) is 22.2 Å². The molecule has 0 fully saturated rings. The van der Waals surface area contributed by atoms with Crippen molar-refractivity contribution < 1.29 is 14.1 Å². The lowest BCUT2D eigenvalue weighted by atomic mass is 10.1. The fraction of sp³-hybridized carbons (Fsp3) is 0.136.